The van der Waals surface area contributed by atoms with Crippen LogP contribution in [0.4, 0.5) is 0 Å². The van der Waals surface area contributed by atoms with E-state index in [0.717, 1.165) is 56.1 Å². The smallest absolute Gasteiger partial charge is 0.163 e. The van der Waals surface area contributed by atoms with Crippen molar-refractivity contribution in [2.75, 3.05) is 0 Å². The second kappa shape index (κ2) is 11.1. The van der Waals surface area contributed by atoms with Gasteiger partial charge in [-0.05, 0) is 119 Å². The minimum Gasteiger partial charge on any atom is -0.393 e. The normalized spacial score (nSPS) is 35.0. The van der Waals surface area contributed by atoms with Crippen molar-refractivity contribution < 1.29 is 25.2 Å². The zero-order chi connectivity index (χ0) is 27.8. The summed E-state index contributed by atoms with van der Waals surface area (Å²) in [5.41, 5.74) is 1.03. The molecular formula is C32H52O5. The first kappa shape index (κ1) is 30.3. The fourth-order valence-electron chi connectivity index (χ4n) is 7.62. The average Bonchev–Trinajstić information content (AvgIpc) is 3.14. The van der Waals surface area contributed by atoms with Crippen molar-refractivity contribution >= 4 is 5.78 Å². The van der Waals surface area contributed by atoms with Gasteiger partial charge in [0.15, 0.2) is 5.78 Å². The lowest BCUT2D eigenvalue weighted by Gasteiger charge is -2.50. The number of Topliss-reactive ketones (excluding diaryl/α,β-unsaturated/α-hetero) is 1. The van der Waals surface area contributed by atoms with Crippen LogP contribution in [-0.4, -0.2) is 49.6 Å². The SMILES string of the molecule is C=C1C(=CC=C2CCC[C@@]3(C)C2CC[C@@H]3[C@](C)(CCC(=O)C(C)(C)O)CCC(C)(C)O)C[C@@H](O)CC1O. The molecule has 0 spiro atoms. The highest BCUT2D eigenvalue weighted by Gasteiger charge is 2.55. The maximum Gasteiger partial charge on any atom is 0.163 e. The van der Waals surface area contributed by atoms with Gasteiger partial charge >= 0.3 is 0 Å². The van der Waals surface area contributed by atoms with Crippen molar-refractivity contribution in [3.05, 3.63) is 35.5 Å². The summed E-state index contributed by atoms with van der Waals surface area (Å²) in [6.45, 7) is 15.7. The second-order valence-corrected chi connectivity index (χ2v) is 14.1. The number of carbonyl (C=O) groups excluding carboxylic acids is 1. The van der Waals surface area contributed by atoms with Crippen LogP contribution in [0.3, 0.4) is 0 Å². The first-order valence-electron chi connectivity index (χ1n) is 14.4. The van der Waals surface area contributed by atoms with Crippen molar-refractivity contribution in [2.24, 2.45) is 22.7 Å². The van der Waals surface area contributed by atoms with Crippen molar-refractivity contribution in [1.82, 2.24) is 0 Å². The van der Waals surface area contributed by atoms with E-state index in [-0.39, 0.29) is 16.6 Å². The highest BCUT2D eigenvalue weighted by Crippen LogP contribution is 2.64. The molecule has 0 heterocycles. The number of hydrogen-bond acceptors (Lipinski definition) is 5. The number of aliphatic hydroxyl groups excluding tert-OH is 2. The number of fused-ring (bicyclic) bond motifs is 1. The lowest BCUT2D eigenvalue weighted by Crippen LogP contribution is -2.43. The minimum atomic E-state index is -1.32. The average molecular weight is 517 g/mol. The molecule has 0 bridgehead atoms. The van der Waals surface area contributed by atoms with E-state index in [4.69, 9.17) is 0 Å². The summed E-state index contributed by atoms with van der Waals surface area (Å²) in [6, 6.07) is 0. The maximum atomic E-state index is 12.7. The molecule has 0 aliphatic heterocycles. The number of rotatable bonds is 9. The van der Waals surface area contributed by atoms with Crippen molar-refractivity contribution in [2.45, 2.75) is 136 Å². The van der Waals surface area contributed by atoms with E-state index in [1.807, 2.05) is 13.8 Å². The summed E-state index contributed by atoms with van der Waals surface area (Å²) in [4.78, 5) is 12.7. The molecule has 2 unspecified atom stereocenters. The zero-order valence-corrected chi connectivity index (χ0v) is 24.1. The molecule has 3 aliphatic carbocycles. The molecule has 0 radical (unpaired) electrons. The summed E-state index contributed by atoms with van der Waals surface area (Å²) in [5.74, 6) is 0.766. The Morgan fingerprint density at radius 2 is 1.73 bits per heavy atom. The van der Waals surface area contributed by atoms with Gasteiger partial charge < -0.3 is 20.4 Å². The van der Waals surface area contributed by atoms with Gasteiger partial charge in [-0.3, -0.25) is 4.79 Å². The van der Waals surface area contributed by atoms with Crippen molar-refractivity contribution in [3.8, 4) is 0 Å². The van der Waals surface area contributed by atoms with Gasteiger partial charge in [0.2, 0.25) is 0 Å². The Balaban J connectivity index is 1.87. The number of aliphatic hydroxyl groups is 4. The highest BCUT2D eigenvalue weighted by atomic mass is 16.3. The van der Waals surface area contributed by atoms with E-state index in [2.05, 4.69) is 32.6 Å². The molecule has 37 heavy (non-hydrogen) atoms. The van der Waals surface area contributed by atoms with Gasteiger partial charge in [-0.15, -0.1) is 0 Å². The van der Waals surface area contributed by atoms with Crippen LogP contribution in [0.1, 0.15) is 112 Å². The molecule has 3 fully saturated rings. The van der Waals surface area contributed by atoms with E-state index in [9.17, 15) is 25.2 Å². The molecule has 0 aromatic heterocycles. The van der Waals surface area contributed by atoms with E-state index < -0.39 is 23.4 Å². The molecule has 0 aromatic rings. The number of allylic oxidation sites excluding steroid dienone is 3. The van der Waals surface area contributed by atoms with Gasteiger partial charge in [0.1, 0.15) is 5.60 Å². The summed E-state index contributed by atoms with van der Waals surface area (Å²) < 4.78 is 0. The molecule has 4 N–H and O–H groups in total. The van der Waals surface area contributed by atoms with Gasteiger partial charge in [0, 0.05) is 12.8 Å². The van der Waals surface area contributed by atoms with E-state index in [0.29, 0.717) is 37.5 Å². The molecule has 3 rings (SSSR count). The first-order valence-corrected chi connectivity index (χ1v) is 14.4. The topological polar surface area (TPSA) is 98.0 Å². The van der Waals surface area contributed by atoms with Gasteiger partial charge in [0.25, 0.3) is 0 Å². The fourth-order valence-corrected chi connectivity index (χ4v) is 7.62. The van der Waals surface area contributed by atoms with E-state index in [1.54, 1.807) is 13.8 Å². The van der Waals surface area contributed by atoms with Crippen LogP contribution in [0, 0.1) is 22.7 Å². The van der Waals surface area contributed by atoms with Gasteiger partial charge in [-0.1, -0.05) is 38.2 Å². The second-order valence-electron chi connectivity index (χ2n) is 14.1. The first-order chi connectivity index (χ1) is 17.0. The number of carbonyl (C=O) groups is 1. The van der Waals surface area contributed by atoms with Crippen LogP contribution in [0.5, 0.6) is 0 Å². The van der Waals surface area contributed by atoms with Crippen LogP contribution in [0.15, 0.2) is 35.5 Å². The van der Waals surface area contributed by atoms with Crippen molar-refractivity contribution in [1.29, 1.82) is 0 Å². The molecule has 5 heteroatoms. The Bertz CT molecular complexity index is 916. The maximum absolute atomic E-state index is 12.7. The largest absolute Gasteiger partial charge is 0.393 e. The predicted octanol–water partition coefficient (Wildman–Crippen LogP) is 5.81. The Kier molecular flexibility index (Phi) is 9.06. The predicted molar refractivity (Wildman–Crippen MR) is 149 cm³/mol. The van der Waals surface area contributed by atoms with Gasteiger partial charge in [-0.25, -0.2) is 0 Å². The molecule has 0 amide bonds. The Morgan fingerprint density at radius 3 is 2.35 bits per heavy atom. The third-order valence-electron chi connectivity index (χ3n) is 9.98. The molecule has 0 saturated heterocycles. The fraction of sp³-hybridized carbons (Fsp3) is 0.781. The van der Waals surface area contributed by atoms with Gasteiger partial charge in [-0.2, -0.15) is 0 Å². The van der Waals surface area contributed by atoms with Crippen LogP contribution >= 0.6 is 0 Å². The molecule has 210 valence electrons. The minimum absolute atomic E-state index is 0.108. The highest BCUT2D eigenvalue weighted by molar-refractivity contribution is 5.86. The van der Waals surface area contributed by atoms with Crippen LogP contribution in [0.25, 0.3) is 0 Å². The molecule has 3 aliphatic rings. The van der Waals surface area contributed by atoms with Gasteiger partial charge in [0.05, 0.1) is 17.8 Å². The Hall–Kier alpha value is -1.27. The van der Waals surface area contributed by atoms with E-state index >= 15 is 0 Å². The molecule has 3 saturated carbocycles. The lowest BCUT2D eigenvalue weighted by molar-refractivity contribution is -0.135. The summed E-state index contributed by atoms with van der Waals surface area (Å²) >= 11 is 0. The summed E-state index contributed by atoms with van der Waals surface area (Å²) in [7, 11) is 0. The molecule has 6 atom stereocenters. The van der Waals surface area contributed by atoms with E-state index in [1.165, 1.54) is 5.57 Å². The number of ketones is 1. The quantitative estimate of drug-likeness (QED) is 0.310. The molecule has 0 aromatic carbocycles. The third kappa shape index (κ3) is 7.03. The summed E-state index contributed by atoms with van der Waals surface area (Å²) in [6.07, 6.45) is 12.1. The Labute approximate surface area is 224 Å². The third-order valence-corrected chi connectivity index (χ3v) is 9.98. The monoisotopic (exact) mass is 516 g/mol. The van der Waals surface area contributed by atoms with Crippen molar-refractivity contribution in [3.63, 3.8) is 0 Å². The Morgan fingerprint density at radius 1 is 1.05 bits per heavy atom. The zero-order valence-electron chi connectivity index (χ0n) is 24.1. The molecular weight excluding hydrogens is 464 g/mol. The number of hydrogen-bond donors (Lipinski definition) is 4. The summed E-state index contributed by atoms with van der Waals surface area (Å²) in [5, 5.41) is 41.2. The lowest BCUT2D eigenvalue weighted by atomic mass is 9.55. The van der Waals surface area contributed by atoms with Crippen LogP contribution in [0.2, 0.25) is 0 Å². The van der Waals surface area contributed by atoms with Crippen LogP contribution < -0.4 is 0 Å². The van der Waals surface area contributed by atoms with Crippen LogP contribution in [-0.2, 0) is 4.79 Å². The molecule has 5 nitrogen and oxygen atoms in total. The standard InChI is InChI=1S/C32H52O5/c1-21-23(19-24(33)20-26(21)34)11-10-22-9-8-15-32(7)25(22)12-13-27(32)31(6,18-17-29(2,3)36)16-14-28(35)30(4,5)37/h10-11,24-27,33-34,36-37H,1,8-9,12-20H2,2-7H3/t24-,25?,26?,27-,31-,32+/m1/s1.